The van der Waals surface area contributed by atoms with E-state index in [2.05, 4.69) is 0 Å². The highest BCUT2D eigenvalue weighted by Crippen LogP contribution is 2.52. The maximum Gasteiger partial charge on any atom is 0.340 e. The zero-order valence-electron chi connectivity index (χ0n) is 22.9. The average molecular weight is 648 g/mol. The fraction of sp³-hybridized carbons (Fsp3) is 0.250. The summed E-state index contributed by atoms with van der Waals surface area (Å²) >= 11 is 0. The molecule has 11 N–H and O–H groups in total. The average Bonchev–Trinajstić information content (AvgIpc) is 3.01. The molecular weight excluding hydrogens is 624 g/mol. The van der Waals surface area contributed by atoms with E-state index < -0.39 is 141 Å². The second-order valence-corrected chi connectivity index (χ2v) is 10.1. The van der Waals surface area contributed by atoms with Crippen molar-refractivity contribution in [2.45, 2.75) is 30.7 Å². The van der Waals surface area contributed by atoms with E-state index in [1.807, 2.05) is 0 Å². The zero-order chi connectivity index (χ0) is 33.8. The van der Waals surface area contributed by atoms with Gasteiger partial charge < -0.3 is 75.1 Å². The molecule has 2 bridgehead atoms. The van der Waals surface area contributed by atoms with Gasteiger partial charge in [0.25, 0.3) is 0 Å². The summed E-state index contributed by atoms with van der Waals surface area (Å²) in [5.41, 5.74) is -3.73. The number of ketones is 1. The van der Waals surface area contributed by atoms with E-state index in [1.54, 1.807) is 0 Å². The fourth-order valence-corrected chi connectivity index (χ4v) is 4.89. The summed E-state index contributed by atoms with van der Waals surface area (Å²) in [6.07, 6.45) is -9.53. The van der Waals surface area contributed by atoms with Crippen LogP contribution in [-0.4, -0.2) is 118 Å². The van der Waals surface area contributed by atoms with Crippen molar-refractivity contribution < 1.29 is 89.5 Å². The van der Waals surface area contributed by atoms with Crippen molar-refractivity contribution in [3.05, 3.63) is 41.0 Å². The number of hydrogen-bond donors (Lipinski definition) is 11. The van der Waals surface area contributed by atoms with Gasteiger partial charge in [0.2, 0.25) is 17.8 Å². The number of fused-ring (bicyclic) bond motifs is 5. The Kier molecular flexibility index (Phi) is 8.05. The van der Waals surface area contributed by atoms with Crippen molar-refractivity contribution in [1.82, 2.24) is 0 Å². The smallest absolute Gasteiger partial charge is 0.340 e. The van der Waals surface area contributed by atoms with Gasteiger partial charge in [-0.15, -0.1) is 0 Å². The molecule has 0 unspecified atom stereocenters. The van der Waals surface area contributed by atoms with Gasteiger partial charge in [-0.05, 0) is 24.3 Å². The Labute approximate surface area is 255 Å². The highest BCUT2D eigenvalue weighted by molar-refractivity contribution is 6.10. The highest BCUT2D eigenvalue weighted by atomic mass is 16.7. The van der Waals surface area contributed by atoms with Crippen LogP contribution in [0.25, 0.3) is 11.1 Å². The molecule has 0 amide bonds. The number of aliphatic hydroxyl groups is 2. The van der Waals surface area contributed by atoms with E-state index in [0.717, 1.165) is 0 Å². The van der Waals surface area contributed by atoms with E-state index in [1.165, 1.54) is 0 Å². The highest BCUT2D eigenvalue weighted by Gasteiger charge is 2.48. The summed E-state index contributed by atoms with van der Waals surface area (Å²) in [5, 5.41) is 113. The van der Waals surface area contributed by atoms with E-state index >= 15 is 0 Å². The van der Waals surface area contributed by atoms with Crippen molar-refractivity contribution in [1.29, 1.82) is 0 Å². The molecule has 2 heterocycles. The summed E-state index contributed by atoms with van der Waals surface area (Å²) < 4.78 is 21.1. The normalized spacial score (nSPS) is 23.1. The van der Waals surface area contributed by atoms with Gasteiger partial charge in [-0.25, -0.2) is 9.59 Å². The quantitative estimate of drug-likeness (QED) is 0.126. The number of rotatable bonds is 2. The summed E-state index contributed by atoms with van der Waals surface area (Å²) in [7, 11) is 0. The molecule has 5 atom stereocenters. The molecule has 0 spiro atoms. The first-order valence-electron chi connectivity index (χ1n) is 13.0. The number of phenols is 9. The minimum atomic E-state index is -2.07. The lowest BCUT2D eigenvalue weighted by atomic mass is 9.90. The first-order chi connectivity index (χ1) is 21.6. The Morgan fingerprint density at radius 2 is 1.22 bits per heavy atom. The van der Waals surface area contributed by atoms with Crippen LogP contribution in [0.3, 0.4) is 0 Å². The second kappa shape index (κ2) is 11.7. The number of cyclic esters (lactones) is 1. The van der Waals surface area contributed by atoms with Gasteiger partial charge >= 0.3 is 11.9 Å². The fourth-order valence-electron chi connectivity index (χ4n) is 4.89. The Morgan fingerprint density at radius 1 is 0.696 bits per heavy atom. The Morgan fingerprint density at radius 3 is 1.80 bits per heavy atom. The number of phenolic OH excluding ortho intramolecular Hbond substituents is 9. The van der Waals surface area contributed by atoms with Crippen LogP contribution < -0.4 is 0 Å². The van der Waals surface area contributed by atoms with Crippen LogP contribution in [0.5, 0.6) is 51.7 Å². The van der Waals surface area contributed by atoms with Crippen LogP contribution in [0.2, 0.25) is 0 Å². The molecule has 1 fully saturated rings. The molecule has 18 nitrogen and oxygen atoms in total. The van der Waals surface area contributed by atoms with E-state index in [-0.39, 0.29) is 0 Å². The molecule has 2 aliphatic heterocycles. The number of carbonyl (C=O) groups is 3. The van der Waals surface area contributed by atoms with Gasteiger partial charge in [0.05, 0.1) is 11.1 Å². The number of ether oxygens (including phenoxy) is 4. The van der Waals surface area contributed by atoms with Crippen LogP contribution in [0.4, 0.5) is 0 Å². The maximum absolute atomic E-state index is 13.4. The number of esters is 2. The van der Waals surface area contributed by atoms with Crippen molar-refractivity contribution in [2.24, 2.45) is 0 Å². The number of Topliss-reactive ketones (excluding diaryl/α,β-unsaturated/α-hetero) is 1. The molecule has 0 aromatic heterocycles. The van der Waals surface area contributed by atoms with Gasteiger partial charge in [0, 0.05) is 16.7 Å². The monoisotopic (exact) mass is 648 g/mol. The molecule has 3 aromatic carbocycles. The molecule has 3 aromatic rings. The van der Waals surface area contributed by atoms with Crippen LogP contribution in [-0.2, 0) is 18.9 Å². The Balaban J connectivity index is 1.58. The molecule has 2 aliphatic rings. The largest absolute Gasteiger partial charge is 0.504 e. The topological polar surface area (TPSA) is 311 Å². The molecule has 244 valence electrons. The molecule has 0 radical (unpaired) electrons. The van der Waals surface area contributed by atoms with E-state index in [0.29, 0.717) is 24.3 Å². The van der Waals surface area contributed by atoms with Crippen LogP contribution >= 0.6 is 0 Å². The lowest BCUT2D eigenvalue weighted by Gasteiger charge is -2.41. The van der Waals surface area contributed by atoms with Gasteiger partial charge in [-0.2, -0.15) is 0 Å². The van der Waals surface area contributed by atoms with Crippen LogP contribution in [0, 0.1) is 0 Å². The van der Waals surface area contributed by atoms with E-state index in [4.69, 9.17) is 18.9 Å². The summed E-state index contributed by atoms with van der Waals surface area (Å²) in [4.78, 5) is 39.4. The minimum Gasteiger partial charge on any atom is -0.504 e. The van der Waals surface area contributed by atoms with Crippen LogP contribution in [0.15, 0.2) is 24.3 Å². The van der Waals surface area contributed by atoms with Crippen molar-refractivity contribution in [3.8, 4) is 62.9 Å². The Hall–Kier alpha value is -5.69. The molecule has 0 aliphatic carbocycles. The maximum atomic E-state index is 13.4. The molecule has 0 saturated carbocycles. The third kappa shape index (κ3) is 5.30. The minimum absolute atomic E-state index is 0.532. The van der Waals surface area contributed by atoms with Crippen molar-refractivity contribution in [3.63, 3.8) is 0 Å². The number of aromatic hydroxyl groups is 9. The lowest BCUT2D eigenvalue weighted by Crippen LogP contribution is -2.60. The summed E-state index contributed by atoms with van der Waals surface area (Å²) in [5.74, 6) is -13.8. The van der Waals surface area contributed by atoms with Gasteiger partial charge in [-0.1, -0.05) is 0 Å². The van der Waals surface area contributed by atoms with Crippen molar-refractivity contribution >= 4 is 17.7 Å². The third-order valence-electron chi connectivity index (χ3n) is 7.23. The molecule has 1 saturated heterocycles. The molecule has 18 heteroatoms. The van der Waals surface area contributed by atoms with E-state index in [9.17, 15) is 70.6 Å². The van der Waals surface area contributed by atoms with Crippen molar-refractivity contribution in [2.75, 3.05) is 13.2 Å². The number of hydrogen-bond acceptors (Lipinski definition) is 18. The first-order valence-corrected chi connectivity index (χ1v) is 13.0. The van der Waals surface area contributed by atoms with Gasteiger partial charge in [-0.3, -0.25) is 4.79 Å². The Bertz CT molecular complexity index is 1740. The lowest BCUT2D eigenvalue weighted by molar-refractivity contribution is -0.291. The molecular formula is C28H24O18. The number of benzene rings is 3. The molecule has 46 heavy (non-hydrogen) atoms. The zero-order valence-corrected chi connectivity index (χ0v) is 22.9. The predicted octanol–water partition coefficient (Wildman–Crippen LogP) is -0.254. The second-order valence-electron chi connectivity index (χ2n) is 10.1. The third-order valence-corrected chi connectivity index (χ3v) is 7.23. The van der Waals surface area contributed by atoms with Gasteiger partial charge in [0.15, 0.2) is 46.0 Å². The number of carbonyl (C=O) groups excluding carboxylic acids is 3. The molecule has 5 rings (SSSR count). The standard InChI is InChI=1S/C28H24O18/c29-10-1-7(2-11(30)18(10)34)26(41)46-28-24(40)25-21(37)15(45-28)6-44-27(42)9-4-13(32)20(36)23(39)17(9)16-8(14(33)5-43-25)3-12(31)19(35)22(16)38/h1-4,15,21,24-25,28-32,34-40H,5-6H2/t15-,21+,24+,25-,28-/m0/s1. The summed E-state index contributed by atoms with van der Waals surface area (Å²) in [6, 6.07) is 2.62. The summed E-state index contributed by atoms with van der Waals surface area (Å²) in [6.45, 7) is -2.01. The van der Waals surface area contributed by atoms with Crippen LogP contribution in [0.1, 0.15) is 31.1 Å². The first kappa shape index (κ1) is 31.7. The predicted molar refractivity (Wildman–Crippen MR) is 144 cm³/mol. The van der Waals surface area contributed by atoms with Gasteiger partial charge in [0.1, 0.15) is 37.6 Å². The number of aliphatic hydroxyl groups excluding tert-OH is 2. The SMILES string of the molecule is O=C(O[C@@H]1O[C@H]2COC(=O)c3cc(O)c(O)c(O)c3-c3c(cc(O)c(O)c3O)C(=O)CO[C@H]([C@H]1O)[C@@H]2O)c1cc(O)c(O)c(O)c1.